The molecule has 1 aromatic carbocycles. The Morgan fingerprint density at radius 2 is 2.25 bits per heavy atom. The molecule has 0 saturated heterocycles. The predicted octanol–water partition coefficient (Wildman–Crippen LogP) is 1.66. The summed E-state index contributed by atoms with van der Waals surface area (Å²) in [5.74, 6) is -0.231. The van der Waals surface area contributed by atoms with E-state index >= 15 is 0 Å². The first-order valence-electron chi connectivity index (χ1n) is 6.38. The van der Waals surface area contributed by atoms with Crippen LogP contribution in [0, 0.1) is 6.92 Å². The molecule has 0 bridgehead atoms. The number of aliphatic hydroxyl groups excluding tert-OH is 1. The van der Waals surface area contributed by atoms with Crippen LogP contribution in [0.2, 0.25) is 0 Å². The summed E-state index contributed by atoms with van der Waals surface area (Å²) in [6.45, 7) is 5.88. The summed E-state index contributed by atoms with van der Waals surface area (Å²) in [5.41, 5.74) is 1.55. The average Bonchev–Trinajstić information content (AvgIpc) is 2.42. The van der Waals surface area contributed by atoms with Gasteiger partial charge in [-0.15, -0.1) is 6.58 Å². The Morgan fingerprint density at radius 3 is 2.75 bits per heavy atom. The molecule has 20 heavy (non-hydrogen) atoms. The number of aryl methyl sites for hydroxylation is 1. The monoisotopic (exact) mass is 279 g/mol. The molecule has 2 unspecified atom stereocenters. The Morgan fingerprint density at radius 1 is 1.55 bits per heavy atom. The molecule has 0 amide bonds. The van der Waals surface area contributed by atoms with E-state index < -0.39 is 18.1 Å². The molecule has 2 atom stereocenters. The molecule has 1 rings (SSSR count). The van der Waals surface area contributed by atoms with E-state index in [1.54, 1.807) is 31.4 Å². The van der Waals surface area contributed by atoms with Gasteiger partial charge in [0.15, 0.2) is 0 Å². The quantitative estimate of drug-likeness (QED) is 0.631. The first-order chi connectivity index (χ1) is 9.49. The number of hydrogen-bond acceptors (Lipinski definition) is 4. The first-order valence-corrected chi connectivity index (χ1v) is 6.38. The highest BCUT2D eigenvalue weighted by Gasteiger charge is 2.23. The first kappa shape index (κ1) is 16.2. The number of carbonyl (C=O) groups is 1. The van der Waals surface area contributed by atoms with Crippen molar-refractivity contribution in [3.8, 4) is 5.75 Å². The molecule has 0 aliphatic rings. The maximum Gasteiger partial charge on any atom is 0.305 e. The van der Waals surface area contributed by atoms with Crippen molar-refractivity contribution in [1.82, 2.24) is 5.32 Å². The van der Waals surface area contributed by atoms with Crippen molar-refractivity contribution in [2.75, 3.05) is 13.7 Å². The Hall–Kier alpha value is -1.85. The lowest BCUT2D eigenvalue weighted by Gasteiger charge is -2.23. The van der Waals surface area contributed by atoms with Crippen molar-refractivity contribution in [1.29, 1.82) is 0 Å². The molecule has 3 N–H and O–H groups in total. The standard InChI is InChI=1S/C15H21NO4/c1-4-7-16-12(9-14(17)18)15(19)11-5-6-13(20-3)10(2)8-11/h4-6,8,12,15-16,19H,1,7,9H2,2-3H3,(H,17,18). The van der Waals surface area contributed by atoms with Crippen molar-refractivity contribution >= 4 is 5.97 Å². The second kappa shape index (κ2) is 7.67. The van der Waals surface area contributed by atoms with Crippen molar-refractivity contribution in [2.45, 2.75) is 25.5 Å². The number of carboxylic acid groups (broad SMARTS) is 1. The normalized spacial score (nSPS) is 13.6. The number of nitrogens with one attached hydrogen (secondary N) is 1. The number of benzene rings is 1. The largest absolute Gasteiger partial charge is 0.496 e. The zero-order valence-corrected chi connectivity index (χ0v) is 11.8. The van der Waals surface area contributed by atoms with Crippen molar-refractivity contribution in [3.63, 3.8) is 0 Å². The number of carboxylic acids is 1. The Labute approximate surface area is 118 Å². The molecule has 0 aromatic heterocycles. The molecule has 0 heterocycles. The van der Waals surface area contributed by atoms with Crippen molar-refractivity contribution < 1.29 is 19.7 Å². The van der Waals surface area contributed by atoms with E-state index in [2.05, 4.69) is 11.9 Å². The maximum absolute atomic E-state index is 10.9. The number of ether oxygens (including phenoxy) is 1. The van der Waals surface area contributed by atoms with Gasteiger partial charge in [-0.2, -0.15) is 0 Å². The van der Waals surface area contributed by atoms with Gasteiger partial charge in [-0.05, 0) is 30.2 Å². The zero-order valence-electron chi connectivity index (χ0n) is 11.8. The summed E-state index contributed by atoms with van der Waals surface area (Å²) < 4.78 is 5.17. The van der Waals surface area contributed by atoms with Gasteiger partial charge in [0, 0.05) is 12.6 Å². The molecule has 0 aliphatic heterocycles. The van der Waals surface area contributed by atoms with Crippen molar-refractivity contribution in [2.24, 2.45) is 0 Å². The molecule has 0 aliphatic carbocycles. The molecule has 110 valence electrons. The van der Waals surface area contributed by atoms with Gasteiger partial charge in [-0.25, -0.2) is 0 Å². The molecule has 0 fully saturated rings. The highest BCUT2D eigenvalue weighted by atomic mass is 16.5. The van der Waals surface area contributed by atoms with Crippen LogP contribution in [0.5, 0.6) is 5.75 Å². The van der Waals surface area contributed by atoms with Gasteiger partial charge < -0.3 is 20.3 Å². The maximum atomic E-state index is 10.9. The highest BCUT2D eigenvalue weighted by molar-refractivity contribution is 5.67. The summed E-state index contributed by atoms with van der Waals surface area (Å²) in [7, 11) is 1.58. The van der Waals surface area contributed by atoms with Crippen LogP contribution in [0.1, 0.15) is 23.7 Å². The molecule has 5 nitrogen and oxygen atoms in total. The van der Waals surface area contributed by atoms with Gasteiger partial charge in [-0.3, -0.25) is 4.79 Å². The average molecular weight is 279 g/mol. The summed E-state index contributed by atoms with van der Waals surface area (Å²) in [4.78, 5) is 10.9. The van der Waals surface area contributed by atoms with Crippen LogP contribution in [0.25, 0.3) is 0 Å². The van der Waals surface area contributed by atoms with E-state index in [0.717, 1.165) is 11.3 Å². The van der Waals surface area contributed by atoms with E-state index in [-0.39, 0.29) is 6.42 Å². The molecule has 0 spiro atoms. The minimum atomic E-state index is -0.962. The Balaban J connectivity index is 2.92. The van der Waals surface area contributed by atoms with Crippen LogP contribution in [-0.4, -0.2) is 35.9 Å². The molecule has 0 saturated carbocycles. The number of rotatable bonds is 8. The Kier molecular flexibility index (Phi) is 6.21. The molecule has 5 heteroatoms. The molecular weight excluding hydrogens is 258 g/mol. The SMILES string of the molecule is C=CCNC(CC(=O)O)C(O)c1ccc(OC)c(C)c1. The van der Waals surface area contributed by atoms with E-state index in [4.69, 9.17) is 9.84 Å². The van der Waals surface area contributed by atoms with Crippen molar-refractivity contribution in [3.05, 3.63) is 42.0 Å². The number of aliphatic carboxylic acids is 1. The topological polar surface area (TPSA) is 78.8 Å². The number of aliphatic hydroxyl groups is 1. The van der Waals surface area contributed by atoms with E-state index in [1.165, 1.54) is 0 Å². The van der Waals surface area contributed by atoms with Gasteiger partial charge in [0.25, 0.3) is 0 Å². The molecule has 1 aromatic rings. The fourth-order valence-corrected chi connectivity index (χ4v) is 2.04. The molecule has 0 radical (unpaired) electrons. The minimum Gasteiger partial charge on any atom is -0.496 e. The predicted molar refractivity (Wildman–Crippen MR) is 76.9 cm³/mol. The third-order valence-corrected chi connectivity index (χ3v) is 3.06. The lowest BCUT2D eigenvalue weighted by molar-refractivity contribution is -0.138. The van der Waals surface area contributed by atoms with E-state index in [0.29, 0.717) is 12.1 Å². The van der Waals surface area contributed by atoms with Gasteiger partial charge >= 0.3 is 5.97 Å². The zero-order chi connectivity index (χ0) is 15.1. The van der Waals surface area contributed by atoms with Gasteiger partial charge in [0.2, 0.25) is 0 Å². The lowest BCUT2D eigenvalue weighted by Crippen LogP contribution is -2.37. The van der Waals surface area contributed by atoms with E-state index in [9.17, 15) is 9.90 Å². The van der Waals surface area contributed by atoms with Gasteiger partial charge in [0.05, 0.1) is 19.6 Å². The van der Waals surface area contributed by atoms with Gasteiger partial charge in [0.1, 0.15) is 5.75 Å². The van der Waals surface area contributed by atoms with Crippen LogP contribution in [0.4, 0.5) is 0 Å². The number of hydrogen-bond donors (Lipinski definition) is 3. The van der Waals surface area contributed by atoms with Crippen LogP contribution < -0.4 is 10.1 Å². The van der Waals surface area contributed by atoms with Crippen LogP contribution in [0.15, 0.2) is 30.9 Å². The number of methoxy groups -OCH3 is 1. The third kappa shape index (κ3) is 4.36. The summed E-state index contributed by atoms with van der Waals surface area (Å²) in [6, 6.07) is 4.73. The van der Waals surface area contributed by atoms with Gasteiger partial charge in [-0.1, -0.05) is 12.1 Å². The fourth-order valence-electron chi connectivity index (χ4n) is 2.04. The highest BCUT2D eigenvalue weighted by Crippen LogP contribution is 2.25. The fraction of sp³-hybridized carbons (Fsp3) is 0.400. The second-order valence-electron chi connectivity index (χ2n) is 4.58. The van der Waals surface area contributed by atoms with E-state index in [1.807, 2.05) is 6.92 Å². The summed E-state index contributed by atoms with van der Waals surface area (Å²) in [6.07, 6.45) is 0.552. The minimum absolute atomic E-state index is 0.167. The summed E-state index contributed by atoms with van der Waals surface area (Å²) in [5, 5.41) is 22.2. The lowest BCUT2D eigenvalue weighted by atomic mass is 9.98. The second-order valence-corrected chi connectivity index (χ2v) is 4.58. The molecular formula is C15H21NO4. The summed E-state index contributed by atoms with van der Waals surface area (Å²) >= 11 is 0. The van der Waals surface area contributed by atoms with Crippen LogP contribution in [0.3, 0.4) is 0 Å². The van der Waals surface area contributed by atoms with Crippen LogP contribution in [-0.2, 0) is 4.79 Å². The Bertz CT molecular complexity index is 473. The third-order valence-electron chi connectivity index (χ3n) is 3.06. The van der Waals surface area contributed by atoms with Crippen LogP contribution >= 0.6 is 0 Å². The smallest absolute Gasteiger partial charge is 0.305 e.